The lowest BCUT2D eigenvalue weighted by molar-refractivity contribution is 0.127. The Hall–Kier alpha value is -3.16. The fourth-order valence-electron chi connectivity index (χ4n) is 3.48. The van der Waals surface area contributed by atoms with Crippen molar-refractivity contribution < 1.29 is 14.7 Å². The fraction of sp³-hybridized carbons (Fsp3) is 0.190. The van der Waals surface area contributed by atoms with Gasteiger partial charge in [0.2, 0.25) is 5.95 Å². The van der Waals surface area contributed by atoms with Crippen LogP contribution in [-0.2, 0) is 12.8 Å². The van der Waals surface area contributed by atoms with Crippen LogP contribution in [0.4, 0.5) is 10.7 Å². The molecule has 8 heteroatoms. The second kappa shape index (κ2) is 8.46. The third-order valence-electron chi connectivity index (χ3n) is 4.85. The van der Waals surface area contributed by atoms with E-state index in [4.69, 9.17) is 21.5 Å². The van der Waals surface area contributed by atoms with Gasteiger partial charge >= 0.3 is 6.09 Å². The number of anilines is 1. The van der Waals surface area contributed by atoms with Gasteiger partial charge in [-0.25, -0.2) is 20.2 Å². The number of benzene rings is 2. The lowest BCUT2D eigenvalue weighted by atomic mass is 9.88. The molecule has 7 nitrogen and oxygen atoms in total. The van der Waals surface area contributed by atoms with Crippen molar-refractivity contribution >= 4 is 23.6 Å². The van der Waals surface area contributed by atoms with Crippen LogP contribution in [0.2, 0.25) is 5.02 Å². The molecule has 1 heterocycles. The van der Waals surface area contributed by atoms with Crippen LogP contribution in [-0.4, -0.2) is 27.3 Å². The zero-order chi connectivity index (χ0) is 20.2. The Balaban J connectivity index is 1.49. The maximum absolute atomic E-state index is 11.2. The number of carbonyl (C=O) groups is 1. The normalized spacial score (nSPS) is 15.3. The van der Waals surface area contributed by atoms with Gasteiger partial charge in [-0.05, 0) is 54.7 Å². The molecule has 1 amide bonds. The Morgan fingerprint density at radius 3 is 2.86 bits per heavy atom. The monoisotopic (exact) mass is 410 g/mol. The van der Waals surface area contributed by atoms with Crippen molar-refractivity contribution in [3.05, 3.63) is 70.9 Å². The number of ether oxygens (including phenoxy) is 1. The van der Waals surface area contributed by atoms with Crippen LogP contribution in [0.25, 0.3) is 11.3 Å². The number of nitrogens with zero attached hydrogens (tertiary/aromatic N) is 2. The molecule has 0 saturated heterocycles. The van der Waals surface area contributed by atoms with Gasteiger partial charge < -0.3 is 10.1 Å². The van der Waals surface area contributed by atoms with Crippen molar-refractivity contribution in [2.24, 2.45) is 0 Å². The molecule has 148 valence electrons. The summed E-state index contributed by atoms with van der Waals surface area (Å²) < 4.78 is 5.00. The topological polar surface area (TPSA) is 96.4 Å². The molecule has 29 heavy (non-hydrogen) atoms. The molecule has 1 aromatic heterocycles. The highest BCUT2D eigenvalue weighted by Crippen LogP contribution is 2.29. The number of carbonyl (C=O) groups excluding carboxylic acids is 1. The van der Waals surface area contributed by atoms with Crippen LogP contribution in [0.3, 0.4) is 0 Å². The van der Waals surface area contributed by atoms with E-state index in [1.54, 1.807) is 12.3 Å². The van der Waals surface area contributed by atoms with Gasteiger partial charge in [0.15, 0.2) is 0 Å². The lowest BCUT2D eigenvalue weighted by Gasteiger charge is -2.26. The minimum Gasteiger partial charge on any atom is -0.409 e. The Kier molecular flexibility index (Phi) is 5.59. The summed E-state index contributed by atoms with van der Waals surface area (Å²) in [7, 11) is 0. The van der Waals surface area contributed by atoms with E-state index in [-0.39, 0.29) is 6.04 Å². The number of hydroxylamine groups is 1. The SMILES string of the molecule is O=C(NO)Oc1ccc2c(c1)CC(Nc1nccc(-c3ccccc3Cl)n1)CC2. The highest BCUT2D eigenvalue weighted by molar-refractivity contribution is 6.33. The molecule has 0 fully saturated rings. The van der Waals surface area contributed by atoms with Crippen LogP contribution in [0.5, 0.6) is 5.75 Å². The molecule has 0 spiro atoms. The summed E-state index contributed by atoms with van der Waals surface area (Å²) in [5, 5.41) is 12.6. The van der Waals surface area contributed by atoms with E-state index in [0.717, 1.165) is 36.1 Å². The molecule has 4 rings (SSSR count). The van der Waals surface area contributed by atoms with Gasteiger partial charge in [-0.1, -0.05) is 35.9 Å². The first-order chi connectivity index (χ1) is 14.1. The lowest BCUT2D eigenvalue weighted by Crippen LogP contribution is -2.28. The molecule has 2 aromatic carbocycles. The van der Waals surface area contributed by atoms with E-state index in [1.807, 2.05) is 42.5 Å². The smallest absolute Gasteiger partial charge is 0.409 e. The second-order valence-corrected chi connectivity index (χ2v) is 7.17. The molecule has 0 saturated carbocycles. The summed E-state index contributed by atoms with van der Waals surface area (Å²) >= 11 is 6.28. The molecule has 1 unspecified atom stereocenters. The number of hydrogen-bond donors (Lipinski definition) is 3. The van der Waals surface area contributed by atoms with Gasteiger partial charge in [0.1, 0.15) is 5.75 Å². The van der Waals surface area contributed by atoms with Crippen LogP contribution < -0.4 is 15.5 Å². The minimum absolute atomic E-state index is 0.144. The average molecular weight is 411 g/mol. The number of halogens is 1. The Labute approximate surface area is 172 Å². The van der Waals surface area contributed by atoms with Crippen LogP contribution in [0, 0.1) is 0 Å². The van der Waals surface area contributed by atoms with Crippen molar-refractivity contribution in [1.82, 2.24) is 15.4 Å². The second-order valence-electron chi connectivity index (χ2n) is 6.76. The summed E-state index contributed by atoms with van der Waals surface area (Å²) in [5.74, 6) is 0.927. The molecule has 0 aliphatic heterocycles. The third-order valence-corrected chi connectivity index (χ3v) is 5.18. The van der Waals surface area contributed by atoms with Crippen LogP contribution in [0.15, 0.2) is 54.7 Å². The first kappa shape index (κ1) is 19.2. The van der Waals surface area contributed by atoms with E-state index in [1.165, 1.54) is 11.0 Å². The van der Waals surface area contributed by atoms with Crippen molar-refractivity contribution in [2.45, 2.75) is 25.3 Å². The van der Waals surface area contributed by atoms with E-state index in [9.17, 15) is 4.79 Å². The number of aromatic nitrogens is 2. The molecule has 1 atom stereocenters. The van der Waals surface area contributed by atoms with Gasteiger partial charge in [0.05, 0.1) is 5.69 Å². The van der Waals surface area contributed by atoms with E-state index in [0.29, 0.717) is 16.7 Å². The third kappa shape index (κ3) is 4.47. The average Bonchev–Trinajstić information content (AvgIpc) is 2.74. The zero-order valence-corrected chi connectivity index (χ0v) is 16.2. The van der Waals surface area contributed by atoms with Gasteiger partial charge in [0.25, 0.3) is 0 Å². The van der Waals surface area contributed by atoms with E-state index >= 15 is 0 Å². The molecule has 0 bridgehead atoms. The fourth-order valence-corrected chi connectivity index (χ4v) is 3.71. The summed E-state index contributed by atoms with van der Waals surface area (Å²) in [6.07, 6.45) is 3.37. The summed E-state index contributed by atoms with van der Waals surface area (Å²) in [4.78, 5) is 20.2. The predicted molar refractivity (Wildman–Crippen MR) is 109 cm³/mol. The Bertz CT molecular complexity index is 1040. The molecule has 1 aliphatic carbocycles. The van der Waals surface area contributed by atoms with Crippen molar-refractivity contribution in [3.8, 4) is 17.0 Å². The number of hydrogen-bond acceptors (Lipinski definition) is 6. The Morgan fingerprint density at radius 1 is 1.17 bits per heavy atom. The number of aryl methyl sites for hydroxylation is 1. The van der Waals surface area contributed by atoms with Crippen molar-refractivity contribution in [1.29, 1.82) is 0 Å². The number of fused-ring (bicyclic) bond motifs is 1. The highest BCUT2D eigenvalue weighted by Gasteiger charge is 2.20. The molecule has 3 N–H and O–H groups in total. The summed E-state index contributed by atoms with van der Waals surface area (Å²) in [6, 6.07) is 15.0. The maximum Gasteiger partial charge on any atom is 0.436 e. The highest BCUT2D eigenvalue weighted by atomic mass is 35.5. The maximum atomic E-state index is 11.2. The number of amides is 1. The van der Waals surface area contributed by atoms with Crippen molar-refractivity contribution in [2.75, 3.05) is 5.32 Å². The zero-order valence-electron chi connectivity index (χ0n) is 15.4. The standard InChI is InChI=1S/C21H19ClN4O3/c22-18-4-2-1-3-17(18)19-9-10-23-20(25-19)24-15-7-5-13-6-8-16(12-14(13)11-15)29-21(27)26-28/h1-4,6,8-10,12,15,28H,5,7,11H2,(H,26,27)(H,23,24,25). The number of nitrogens with one attached hydrogen (secondary N) is 2. The Morgan fingerprint density at radius 2 is 2.03 bits per heavy atom. The summed E-state index contributed by atoms with van der Waals surface area (Å²) in [6.45, 7) is 0. The van der Waals surface area contributed by atoms with E-state index in [2.05, 4.69) is 15.3 Å². The number of rotatable bonds is 4. The van der Waals surface area contributed by atoms with Gasteiger partial charge in [-0.3, -0.25) is 5.21 Å². The molecule has 3 aromatic rings. The van der Waals surface area contributed by atoms with Crippen LogP contribution in [0.1, 0.15) is 17.5 Å². The van der Waals surface area contributed by atoms with Crippen LogP contribution >= 0.6 is 11.6 Å². The van der Waals surface area contributed by atoms with Gasteiger partial charge in [-0.2, -0.15) is 0 Å². The van der Waals surface area contributed by atoms with Gasteiger partial charge in [0, 0.05) is 22.8 Å². The molecular formula is C21H19ClN4O3. The quantitative estimate of drug-likeness (QED) is 0.439. The molecule has 1 aliphatic rings. The van der Waals surface area contributed by atoms with Crippen molar-refractivity contribution in [3.63, 3.8) is 0 Å². The molecule has 0 radical (unpaired) electrons. The first-order valence-corrected chi connectivity index (χ1v) is 9.58. The van der Waals surface area contributed by atoms with Gasteiger partial charge in [-0.15, -0.1) is 0 Å². The predicted octanol–water partition coefficient (Wildman–Crippen LogP) is 4.24. The van der Waals surface area contributed by atoms with E-state index < -0.39 is 6.09 Å². The largest absolute Gasteiger partial charge is 0.436 e. The first-order valence-electron chi connectivity index (χ1n) is 9.20. The minimum atomic E-state index is -0.916. The molecular weight excluding hydrogens is 392 g/mol. The summed E-state index contributed by atoms with van der Waals surface area (Å²) in [5.41, 5.74) is 5.37.